The highest BCUT2D eigenvalue weighted by Crippen LogP contribution is 2.50. The zero-order chi connectivity index (χ0) is 25.8. The Balaban J connectivity index is 2.36. The third-order valence-corrected chi connectivity index (χ3v) is 16.2. The van der Waals surface area contributed by atoms with Crippen molar-refractivity contribution in [3.63, 3.8) is 0 Å². The van der Waals surface area contributed by atoms with Gasteiger partial charge in [0.1, 0.15) is 7.05 Å². The molecule has 3 aromatic rings. The molecular weight excluding hydrogens is 426 g/mol. The van der Waals surface area contributed by atoms with E-state index in [-0.39, 0.29) is 10.1 Å². The minimum absolute atomic E-state index is 0.273. The SMILES string of the molecule is Cc1c(-c2c3ccc([Si](C)(C(C)(C)C)C(C)(C)C)cc3cc[n+]2C)cc(C(C)C)cc1C(C)C. The van der Waals surface area contributed by atoms with Crippen LogP contribution in [0.4, 0.5) is 0 Å². The maximum atomic E-state index is 2.59. The van der Waals surface area contributed by atoms with Crippen molar-refractivity contribution in [3.8, 4) is 11.3 Å². The van der Waals surface area contributed by atoms with Gasteiger partial charge in [0.2, 0.25) is 5.69 Å². The molecule has 3 rings (SSSR count). The largest absolute Gasteiger partial charge is 0.220 e. The van der Waals surface area contributed by atoms with E-state index in [0.717, 1.165) is 0 Å². The predicted octanol–water partition coefficient (Wildman–Crippen LogP) is 8.77. The third-order valence-electron chi connectivity index (χ3n) is 8.73. The van der Waals surface area contributed by atoms with E-state index in [1.54, 1.807) is 5.19 Å². The second-order valence-corrected chi connectivity index (χ2v) is 19.1. The quantitative estimate of drug-likeness (QED) is 0.263. The Morgan fingerprint density at radius 1 is 0.794 bits per heavy atom. The second kappa shape index (κ2) is 8.93. The molecule has 0 spiro atoms. The fourth-order valence-corrected chi connectivity index (χ4v) is 10.8. The van der Waals surface area contributed by atoms with Gasteiger partial charge < -0.3 is 0 Å². The van der Waals surface area contributed by atoms with Crippen LogP contribution in [0.3, 0.4) is 0 Å². The molecule has 34 heavy (non-hydrogen) atoms. The van der Waals surface area contributed by atoms with Crippen LogP contribution in [0.25, 0.3) is 22.0 Å². The lowest BCUT2D eigenvalue weighted by atomic mass is 9.86. The molecule has 1 nitrogen and oxygen atoms in total. The van der Waals surface area contributed by atoms with Crippen molar-refractivity contribution in [2.75, 3.05) is 0 Å². The topological polar surface area (TPSA) is 3.88 Å². The number of hydrogen-bond donors (Lipinski definition) is 0. The van der Waals surface area contributed by atoms with Crippen LogP contribution in [0.15, 0.2) is 42.6 Å². The molecule has 1 heterocycles. The maximum absolute atomic E-state index is 2.59. The smallest absolute Gasteiger partial charge is 0.200 e. The Bertz CT molecular complexity index is 1190. The molecule has 0 N–H and O–H groups in total. The monoisotopic (exact) mass is 474 g/mol. The number of benzene rings is 2. The third kappa shape index (κ3) is 4.39. The van der Waals surface area contributed by atoms with Crippen LogP contribution in [-0.4, -0.2) is 8.07 Å². The molecule has 2 heteroatoms. The molecule has 0 bridgehead atoms. The summed E-state index contributed by atoms with van der Waals surface area (Å²) >= 11 is 0. The van der Waals surface area contributed by atoms with E-state index in [9.17, 15) is 0 Å². The summed E-state index contributed by atoms with van der Waals surface area (Å²) in [5, 5.41) is 4.82. The zero-order valence-electron chi connectivity index (χ0n) is 24.1. The van der Waals surface area contributed by atoms with Gasteiger partial charge in [-0.15, -0.1) is 0 Å². The molecule has 0 saturated carbocycles. The Kier molecular flexibility index (Phi) is 7.01. The molecule has 0 radical (unpaired) electrons. The van der Waals surface area contributed by atoms with Crippen molar-refractivity contribution < 1.29 is 4.57 Å². The fourth-order valence-electron chi connectivity index (χ4n) is 5.95. The summed E-state index contributed by atoms with van der Waals surface area (Å²) in [6.07, 6.45) is 2.26. The number of hydrogen-bond acceptors (Lipinski definition) is 0. The molecule has 0 aliphatic rings. The average molecular weight is 475 g/mol. The van der Waals surface area contributed by atoms with Gasteiger partial charge in [0, 0.05) is 6.07 Å². The molecular formula is C32H48NSi+. The number of rotatable bonds is 4. The highest BCUT2D eigenvalue weighted by Gasteiger charge is 2.50. The highest BCUT2D eigenvalue weighted by molar-refractivity contribution is 6.95. The zero-order valence-corrected chi connectivity index (χ0v) is 25.1. The lowest BCUT2D eigenvalue weighted by Crippen LogP contribution is -2.58. The van der Waals surface area contributed by atoms with E-state index in [4.69, 9.17) is 0 Å². The van der Waals surface area contributed by atoms with Crippen molar-refractivity contribution in [2.24, 2.45) is 7.05 Å². The standard InChI is InChI=1S/C32H48NSi/c1-21(2)25-19-28(22(3)4)23(5)29(20-25)30-27-15-14-26(18-24(27)16-17-33(30)12)34(13,31(6,7)8)32(9,10)11/h14-22H,1-13H3/q+1. The minimum atomic E-state index is -1.82. The summed E-state index contributed by atoms with van der Waals surface area (Å²) < 4.78 is 2.32. The van der Waals surface area contributed by atoms with Crippen LogP contribution in [0.5, 0.6) is 0 Å². The fraction of sp³-hybridized carbons (Fsp3) is 0.531. The first-order chi connectivity index (χ1) is 15.5. The van der Waals surface area contributed by atoms with Gasteiger partial charge in [-0.3, -0.25) is 0 Å². The first-order valence-corrected chi connectivity index (χ1v) is 15.6. The second-order valence-electron chi connectivity index (χ2n) is 13.3. The van der Waals surface area contributed by atoms with E-state index in [1.807, 2.05) is 0 Å². The summed E-state index contributed by atoms with van der Waals surface area (Å²) in [5.41, 5.74) is 7.02. The molecule has 0 fully saturated rings. The van der Waals surface area contributed by atoms with Crippen LogP contribution in [0.1, 0.15) is 97.8 Å². The van der Waals surface area contributed by atoms with Crippen molar-refractivity contribution in [2.45, 2.75) is 105 Å². The maximum Gasteiger partial charge on any atom is 0.220 e. The van der Waals surface area contributed by atoms with Gasteiger partial charge in [0.25, 0.3) is 0 Å². The lowest BCUT2D eigenvalue weighted by molar-refractivity contribution is -0.659. The van der Waals surface area contributed by atoms with Crippen LogP contribution in [0.2, 0.25) is 16.6 Å². The van der Waals surface area contributed by atoms with Gasteiger partial charge in [-0.05, 0) is 63.0 Å². The Morgan fingerprint density at radius 3 is 1.88 bits per heavy atom. The molecule has 0 unspecified atom stereocenters. The first kappa shape index (κ1) is 26.7. The number of aryl methyl sites for hydroxylation is 1. The number of aromatic nitrogens is 1. The normalized spacial score (nSPS) is 13.4. The summed E-state index contributed by atoms with van der Waals surface area (Å²) in [6.45, 7) is 28.8. The number of fused-ring (bicyclic) bond motifs is 1. The Labute approximate surface area is 210 Å². The van der Waals surface area contributed by atoms with Gasteiger partial charge in [-0.25, -0.2) is 4.57 Å². The molecule has 0 aliphatic carbocycles. The molecule has 1 aromatic heterocycles. The van der Waals surface area contributed by atoms with Crippen LogP contribution >= 0.6 is 0 Å². The van der Waals surface area contributed by atoms with Gasteiger partial charge in [0.15, 0.2) is 6.20 Å². The molecule has 0 saturated heterocycles. The van der Waals surface area contributed by atoms with Crippen LogP contribution in [0, 0.1) is 6.92 Å². The van der Waals surface area contributed by atoms with E-state index in [1.165, 1.54) is 38.7 Å². The minimum Gasteiger partial charge on any atom is -0.200 e. The average Bonchev–Trinajstić information content (AvgIpc) is 2.71. The number of nitrogens with zero attached hydrogens (tertiary/aromatic N) is 1. The summed E-state index contributed by atoms with van der Waals surface area (Å²) in [6, 6.07) is 14.6. The summed E-state index contributed by atoms with van der Waals surface area (Å²) in [5.74, 6) is 1.02. The van der Waals surface area contributed by atoms with Crippen molar-refractivity contribution in [1.29, 1.82) is 0 Å². The Morgan fingerprint density at radius 2 is 1.38 bits per heavy atom. The first-order valence-electron chi connectivity index (χ1n) is 13.1. The molecule has 0 atom stereocenters. The van der Waals surface area contributed by atoms with E-state index in [2.05, 4.69) is 137 Å². The highest BCUT2D eigenvalue weighted by atomic mass is 28.3. The van der Waals surface area contributed by atoms with Crippen LogP contribution in [-0.2, 0) is 7.05 Å². The van der Waals surface area contributed by atoms with Crippen molar-refractivity contribution in [1.82, 2.24) is 0 Å². The molecule has 184 valence electrons. The van der Waals surface area contributed by atoms with Crippen molar-refractivity contribution in [3.05, 3.63) is 59.3 Å². The van der Waals surface area contributed by atoms with Gasteiger partial charge in [-0.2, -0.15) is 0 Å². The van der Waals surface area contributed by atoms with Gasteiger partial charge >= 0.3 is 0 Å². The van der Waals surface area contributed by atoms with E-state index < -0.39 is 8.07 Å². The summed E-state index contributed by atoms with van der Waals surface area (Å²) in [7, 11) is 0.375. The molecule has 0 aliphatic heterocycles. The lowest BCUT2D eigenvalue weighted by Gasteiger charge is -2.50. The predicted molar refractivity (Wildman–Crippen MR) is 154 cm³/mol. The van der Waals surface area contributed by atoms with Gasteiger partial charge in [-0.1, -0.05) is 99.2 Å². The van der Waals surface area contributed by atoms with Crippen LogP contribution < -0.4 is 9.75 Å². The molecule has 2 aromatic carbocycles. The van der Waals surface area contributed by atoms with Crippen molar-refractivity contribution >= 4 is 24.0 Å². The Hall–Kier alpha value is -1.93. The molecule has 0 amide bonds. The summed E-state index contributed by atoms with van der Waals surface area (Å²) in [4.78, 5) is 0. The van der Waals surface area contributed by atoms with E-state index in [0.29, 0.717) is 11.8 Å². The number of pyridine rings is 1. The van der Waals surface area contributed by atoms with E-state index >= 15 is 0 Å². The van der Waals surface area contributed by atoms with Gasteiger partial charge in [0.05, 0.1) is 19.0 Å².